The zero-order valence-electron chi connectivity index (χ0n) is 18.6. The van der Waals surface area contributed by atoms with E-state index in [9.17, 15) is 4.79 Å². The van der Waals surface area contributed by atoms with E-state index in [-0.39, 0.29) is 12.0 Å². The molecule has 0 atom stereocenters. The molecule has 0 spiro atoms. The number of fused-ring (bicyclic) bond motifs is 2. The van der Waals surface area contributed by atoms with Gasteiger partial charge in [-0.15, -0.1) is 0 Å². The van der Waals surface area contributed by atoms with E-state index in [2.05, 4.69) is 17.1 Å². The lowest BCUT2D eigenvalue weighted by molar-refractivity contribution is 0.0732. The number of pyridine rings is 1. The Morgan fingerprint density at radius 3 is 2.81 bits per heavy atom. The molecule has 6 nitrogen and oxygen atoms in total. The number of nitrogens with zero attached hydrogens (tertiary/aromatic N) is 4. The molecule has 0 radical (unpaired) electrons. The SMILES string of the molecule is CC(C)Oc1cccc(-c2c3c(nn2C)CN(C(=O)c2ccc4ncccc4c2)CC3)c1. The molecule has 0 N–H and O–H groups in total. The minimum atomic E-state index is 0.0286. The van der Waals surface area contributed by atoms with Crippen LogP contribution in [0.15, 0.2) is 60.8 Å². The second-order valence-electron chi connectivity index (χ2n) is 8.48. The summed E-state index contributed by atoms with van der Waals surface area (Å²) in [5, 5.41) is 5.74. The molecule has 1 aliphatic rings. The Labute approximate surface area is 187 Å². The van der Waals surface area contributed by atoms with Gasteiger partial charge in [-0.1, -0.05) is 18.2 Å². The van der Waals surface area contributed by atoms with Gasteiger partial charge in [0.2, 0.25) is 0 Å². The van der Waals surface area contributed by atoms with Crippen LogP contribution in [0.4, 0.5) is 0 Å². The first-order chi connectivity index (χ1) is 15.5. The molecule has 2 aromatic carbocycles. The number of rotatable bonds is 4. The lowest BCUT2D eigenvalue weighted by Crippen LogP contribution is -2.36. The van der Waals surface area contributed by atoms with Crippen LogP contribution in [0.3, 0.4) is 0 Å². The van der Waals surface area contributed by atoms with Gasteiger partial charge in [0.25, 0.3) is 5.91 Å². The smallest absolute Gasteiger partial charge is 0.254 e. The lowest BCUT2D eigenvalue weighted by Gasteiger charge is -2.27. The van der Waals surface area contributed by atoms with Gasteiger partial charge in [0.15, 0.2) is 0 Å². The van der Waals surface area contributed by atoms with Crippen molar-refractivity contribution in [1.82, 2.24) is 19.7 Å². The third-order valence-corrected chi connectivity index (χ3v) is 5.82. The Morgan fingerprint density at radius 2 is 1.97 bits per heavy atom. The predicted octanol–water partition coefficient (Wildman–Crippen LogP) is 4.62. The summed E-state index contributed by atoms with van der Waals surface area (Å²) in [5.74, 6) is 0.881. The van der Waals surface area contributed by atoms with Crippen LogP contribution in [0.2, 0.25) is 0 Å². The monoisotopic (exact) mass is 426 g/mol. The van der Waals surface area contributed by atoms with Crippen molar-refractivity contribution in [1.29, 1.82) is 0 Å². The number of hydrogen-bond acceptors (Lipinski definition) is 4. The molecule has 2 aromatic heterocycles. The summed E-state index contributed by atoms with van der Waals surface area (Å²) >= 11 is 0. The fourth-order valence-corrected chi connectivity index (χ4v) is 4.43. The van der Waals surface area contributed by atoms with Crippen molar-refractivity contribution in [2.45, 2.75) is 32.9 Å². The highest BCUT2D eigenvalue weighted by atomic mass is 16.5. The number of hydrogen-bond donors (Lipinski definition) is 0. The van der Waals surface area contributed by atoms with Gasteiger partial charge in [-0.3, -0.25) is 14.5 Å². The second-order valence-corrected chi connectivity index (χ2v) is 8.48. The Bertz CT molecular complexity index is 1310. The van der Waals surface area contributed by atoms with E-state index in [1.807, 2.05) is 72.9 Å². The second kappa shape index (κ2) is 8.11. The molecule has 3 heterocycles. The molecule has 1 amide bonds. The van der Waals surface area contributed by atoms with Crippen molar-refractivity contribution in [3.63, 3.8) is 0 Å². The minimum absolute atomic E-state index is 0.0286. The third-order valence-electron chi connectivity index (χ3n) is 5.82. The van der Waals surface area contributed by atoms with Crippen LogP contribution >= 0.6 is 0 Å². The highest BCUT2D eigenvalue weighted by Gasteiger charge is 2.27. The molecule has 0 saturated carbocycles. The summed E-state index contributed by atoms with van der Waals surface area (Å²) in [4.78, 5) is 19.4. The van der Waals surface area contributed by atoms with Gasteiger partial charge >= 0.3 is 0 Å². The van der Waals surface area contributed by atoms with Gasteiger partial charge in [-0.2, -0.15) is 5.10 Å². The van der Waals surface area contributed by atoms with Crippen LogP contribution in [0.1, 0.15) is 35.5 Å². The molecule has 5 rings (SSSR count). The highest BCUT2D eigenvalue weighted by Crippen LogP contribution is 2.32. The Hall–Kier alpha value is -3.67. The summed E-state index contributed by atoms with van der Waals surface area (Å²) in [6.07, 6.45) is 2.66. The van der Waals surface area contributed by atoms with Gasteiger partial charge in [-0.05, 0) is 56.7 Å². The van der Waals surface area contributed by atoms with Crippen molar-refractivity contribution in [3.05, 3.63) is 77.6 Å². The average Bonchev–Trinajstić information content (AvgIpc) is 3.12. The quantitative estimate of drug-likeness (QED) is 0.478. The average molecular weight is 427 g/mol. The van der Waals surface area contributed by atoms with Crippen molar-refractivity contribution in [2.24, 2.45) is 7.05 Å². The molecule has 6 heteroatoms. The van der Waals surface area contributed by atoms with E-state index in [4.69, 9.17) is 9.84 Å². The van der Waals surface area contributed by atoms with Crippen molar-refractivity contribution >= 4 is 16.8 Å². The number of ether oxygens (including phenoxy) is 1. The first kappa shape index (κ1) is 20.2. The topological polar surface area (TPSA) is 60.2 Å². The first-order valence-electron chi connectivity index (χ1n) is 11.0. The van der Waals surface area contributed by atoms with Crippen LogP contribution in [0, 0.1) is 0 Å². The number of carbonyl (C=O) groups excluding carboxylic acids is 1. The molecule has 162 valence electrons. The zero-order chi connectivity index (χ0) is 22.2. The number of amides is 1. The summed E-state index contributed by atoms with van der Waals surface area (Å²) in [6.45, 7) is 5.22. The Morgan fingerprint density at radius 1 is 1.09 bits per heavy atom. The van der Waals surface area contributed by atoms with E-state index in [0.717, 1.165) is 40.0 Å². The maximum Gasteiger partial charge on any atom is 0.254 e. The largest absolute Gasteiger partial charge is 0.491 e. The lowest BCUT2D eigenvalue weighted by atomic mass is 9.99. The molecule has 4 aromatic rings. The van der Waals surface area contributed by atoms with Crippen LogP contribution in [0.25, 0.3) is 22.2 Å². The number of aromatic nitrogens is 3. The fraction of sp³-hybridized carbons (Fsp3) is 0.269. The predicted molar refractivity (Wildman–Crippen MR) is 125 cm³/mol. The minimum Gasteiger partial charge on any atom is -0.491 e. The van der Waals surface area contributed by atoms with E-state index < -0.39 is 0 Å². The normalized spacial score (nSPS) is 13.4. The number of aryl methyl sites for hydroxylation is 1. The molecule has 0 saturated heterocycles. The molecule has 0 unspecified atom stereocenters. The van der Waals surface area contributed by atoms with E-state index in [0.29, 0.717) is 18.7 Å². The van der Waals surface area contributed by atoms with E-state index in [1.165, 1.54) is 5.56 Å². The molecular weight excluding hydrogens is 400 g/mol. The van der Waals surface area contributed by atoms with Crippen molar-refractivity contribution in [2.75, 3.05) is 6.54 Å². The molecule has 1 aliphatic heterocycles. The first-order valence-corrected chi connectivity index (χ1v) is 11.0. The van der Waals surface area contributed by atoms with E-state index >= 15 is 0 Å². The Balaban J connectivity index is 1.42. The Kier molecular flexibility index (Phi) is 5.13. The zero-order valence-corrected chi connectivity index (χ0v) is 18.6. The third kappa shape index (κ3) is 3.73. The summed E-state index contributed by atoms with van der Waals surface area (Å²) in [6, 6.07) is 17.7. The number of benzene rings is 2. The molecule has 0 aliphatic carbocycles. The maximum absolute atomic E-state index is 13.2. The van der Waals surface area contributed by atoms with Crippen LogP contribution in [0.5, 0.6) is 5.75 Å². The molecule has 32 heavy (non-hydrogen) atoms. The van der Waals surface area contributed by atoms with Gasteiger partial charge in [0.1, 0.15) is 5.75 Å². The van der Waals surface area contributed by atoms with Crippen molar-refractivity contribution in [3.8, 4) is 17.0 Å². The highest BCUT2D eigenvalue weighted by molar-refractivity contribution is 5.98. The van der Waals surface area contributed by atoms with Gasteiger partial charge in [-0.25, -0.2) is 0 Å². The summed E-state index contributed by atoms with van der Waals surface area (Å²) in [5.41, 5.74) is 5.92. The maximum atomic E-state index is 13.2. The van der Waals surface area contributed by atoms with E-state index in [1.54, 1.807) is 6.20 Å². The van der Waals surface area contributed by atoms with Crippen LogP contribution < -0.4 is 4.74 Å². The van der Waals surface area contributed by atoms with Crippen molar-refractivity contribution < 1.29 is 9.53 Å². The molecule has 0 fully saturated rings. The molecular formula is C26H26N4O2. The van der Waals surface area contributed by atoms with Gasteiger partial charge < -0.3 is 9.64 Å². The number of carbonyl (C=O) groups is 1. The van der Waals surface area contributed by atoms with Gasteiger partial charge in [0, 0.05) is 41.9 Å². The standard InChI is InChI=1S/C26H26N4O2/c1-17(2)32-21-8-4-6-19(15-21)25-22-11-13-30(16-24(22)28-29(25)3)26(31)20-9-10-23-18(14-20)7-5-12-27-23/h4-10,12,14-15,17H,11,13,16H2,1-3H3. The molecule has 0 bridgehead atoms. The summed E-state index contributed by atoms with van der Waals surface area (Å²) < 4.78 is 7.80. The van der Waals surface area contributed by atoms with Crippen LogP contribution in [-0.2, 0) is 20.0 Å². The van der Waals surface area contributed by atoms with Crippen LogP contribution in [-0.4, -0.2) is 38.2 Å². The van der Waals surface area contributed by atoms with Gasteiger partial charge in [0.05, 0.1) is 29.6 Å². The summed E-state index contributed by atoms with van der Waals surface area (Å²) in [7, 11) is 1.96. The fourth-order valence-electron chi connectivity index (χ4n) is 4.43.